The molecule has 17 heavy (non-hydrogen) atoms. The Labute approximate surface area is 105 Å². The summed E-state index contributed by atoms with van der Waals surface area (Å²) in [4.78, 5) is 0. The lowest BCUT2D eigenvalue weighted by atomic mass is 10.2. The Balaban J connectivity index is 2.41. The lowest BCUT2D eigenvalue weighted by Crippen LogP contribution is -2.22. The van der Waals surface area contributed by atoms with Crippen LogP contribution in [0.1, 0.15) is 5.56 Å². The van der Waals surface area contributed by atoms with Gasteiger partial charge in [-0.3, -0.25) is 0 Å². The van der Waals surface area contributed by atoms with Crippen molar-refractivity contribution in [3.63, 3.8) is 0 Å². The number of ether oxygens (including phenoxy) is 1. The van der Waals surface area contributed by atoms with Crippen LogP contribution >= 0.6 is 11.8 Å². The van der Waals surface area contributed by atoms with E-state index < -0.39 is 15.6 Å². The van der Waals surface area contributed by atoms with Gasteiger partial charge in [0.05, 0.1) is 7.11 Å². The summed E-state index contributed by atoms with van der Waals surface area (Å²) in [7, 11) is -3.03. The van der Waals surface area contributed by atoms with Gasteiger partial charge in [-0.05, 0) is 17.7 Å². The van der Waals surface area contributed by atoms with Crippen molar-refractivity contribution in [2.24, 2.45) is 0 Å². The number of aliphatic hydroxyl groups is 1. The smallest absolute Gasteiger partial charge is 0.152 e. The molecule has 1 unspecified atom stereocenters. The Morgan fingerprint density at radius 1 is 1.41 bits per heavy atom. The number of benzene rings is 1. The highest BCUT2D eigenvalue weighted by Crippen LogP contribution is 2.17. The van der Waals surface area contributed by atoms with E-state index in [1.807, 2.05) is 12.1 Å². The number of rotatable bonds is 6. The van der Waals surface area contributed by atoms with Gasteiger partial charge in [0.15, 0.2) is 5.44 Å². The van der Waals surface area contributed by atoms with Crippen LogP contribution in [0.3, 0.4) is 0 Å². The number of thioether (sulfide) groups is 1. The van der Waals surface area contributed by atoms with Crippen molar-refractivity contribution in [3.05, 3.63) is 29.8 Å². The molecule has 1 aromatic rings. The van der Waals surface area contributed by atoms with Crippen molar-refractivity contribution in [2.45, 2.75) is 11.2 Å². The van der Waals surface area contributed by atoms with E-state index in [1.165, 1.54) is 11.8 Å². The van der Waals surface area contributed by atoms with E-state index in [0.29, 0.717) is 5.75 Å². The van der Waals surface area contributed by atoms with Gasteiger partial charge in [0, 0.05) is 11.5 Å². The molecule has 0 amide bonds. The summed E-state index contributed by atoms with van der Waals surface area (Å²) in [5.74, 6) is 1.13. The standard InChI is InChI=1S/C10H14O5S2/c1-15-9-4-2-8(3-5-9)6-16-7-10(11)17(12,13)14/h2-5,10-11H,6-7H2,1H3,(H,12,13,14)/p-1. The second kappa shape index (κ2) is 6.25. The van der Waals surface area contributed by atoms with Crippen molar-refractivity contribution in [1.29, 1.82) is 0 Å². The third-order valence-electron chi connectivity index (χ3n) is 2.02. The van der Waals surface area contributed by atoms with Crippen LogP contribution in [0.2, 0.25) is 0 Å². The molecule has 1 rings (SSSR count). The minimum atomic E-state index is -4.60. The van der Waals surface area contributed by atoms with Gasteiger partial charge >= 0.3 is 0 Å². The van der Waals surface area contributed by atoms with Crippen molar-refractivity contribution in [1.82, 2.24) is 0 Å². The van der Waals surface area contributed by atoms with Crippen LogP contribution in [0, 0.1) is 0 Å². The van der Waals surface area contributed by atoms with Gasteiger partial charge in [-0.1, -0.05) is 12.1 Å². The molecule has 0 aliphatic carbocycles. The van der Waals surface area contributed by atoms with Crippen molar-refractivity contribution >= 4 is 21.9 Å². The Bertz CT molecular complexity index is 440. The zero-order valence-electron chi connectivity index (χ0n) is 9.20. The van der Waals surface area contributed by atoms with Crippen molar-refractivity contribution in [3.8, 4) is 5.75 Å². The predicted octanol–water partition coefficient (Wildman–Crippen LogP) is 0.792. The summed E-state index contributed by atoms with van der Waals surface area (Å²) in [6.45, 7) is 0. The van der Waals surface area contributed by atoms with Crippen LogP contribution in [0.15, 0.2) is 24.3 Å². The van der Waals surface area contributed by atoms with Crippen LogP contribution in [0.25, 0.3) is 0 Å². The largest absolute Gasteiger partial charge is 0.746 e. The lowest BCUT2D eigenvalue weighted by molar-refractivity contribution is 0.253. The van der Waals surface area contributed by atoms with Crippen LogP contribution in [-0.2, 0) is 15.9 Å². The first kappa shape index (κ1) is 14.3. The second-order valence-corrected chi connectivity index (χ2v) is 5.87. The molecule has 0 spiro atoms. The van der Waals surface area contributed by atoms with E-state index in [4.69, 9.17) is 9.84 Å². The molecule has 0 aromatic heterocycles. The molecule has 7 heteroatoms. The number of methoxy groups -OCH3 is 1. The Morgan fingerprint density at radius 3 is 2.47 bits per heavy atom. The van der Waals surface area contributed by atoms with E-state index in [9.17, 15) is 13.0 Å². The molecule has 0 aliphatic rings. The van der Waals surface area contributed by atoms with Gasteiger partial charge in [-0.2, -0.15) is 11.8 Å². The maximum absolute atomic E-state index is 10.4. The fourth-order valence-electron chi connectivity index (χ4n) is 1.08. The Kier molecular flexibility index (Phi) is 5.26. The second-order valence-electron chi connectivity index (χ2n) is 3.31. The van der Waals surface area contributed by atoms with Crippen molar-refractivity contribution in [2.75, 3.05) is 12.9 Å². The first-order chi connectivity index (χ1) is 7.93. The molecule has 0 fully saturated rings. The van der Waals surface area contributed by atoms with Gasteiger partial charge < -0.3 is 14.4 Å². The molecule has 96 valence electrons. The van der Waals surface area contributed by atoms with Crippen LogP contribution in [0.4, 0.5) is 0 Å². The summed E-state index contributed by atoms with van der Waals surface area (Å²) >= 11 is 1.18. The first-order valence-electron chi connectivity index (χ1n) is 4.77. The number of hydrogen-bond acceptors (Lipinski definition) is 6. The molecular formula is C10H13O5S2-. The van der Waals surface area contributed by atoms with E-state index >= 15 is 0 Å². The van der Waals surface area contributed by atoms with Crippen molar-refractivity contribution < 1.29 is 22.8 Å². The lowest BCUT2D eigenvalue weighted by Gasteiger charge is -2.14. The minimum Gasteiger partial charge on any atom is -0.746 e. The molecule has 1 N–H and O–H groups in total. The van der Waals surface area contributed by atoms with Crippen LogP contribution in [0.5, 0.6) is 5.75 Å². The highest BCUT2D eigenvalue weighted by atomic mass is 32.2. The summed E-state index contributed by atoms with van der Waals surface area (Å²) in [6, 6.07) is 7.25. The normalized spacial score (nSPS) is 13.4. The van der Waals surface area contributed by atoms with Gasteiger partial charge in [0.25, 0.3) is 0 Å². The third kappa shape index (κ3) is 4.95. The molecule has 0 aliphatic heterocycles. The monoisotopic (exact) mass is 277 g/mol. The molecule has 0 saturated heterocycles. The summed E-state index contributed by atoms with van der Waals surface area (Å²) in [6.07, 6.45) is 0. The highest BCUT2D eigenvalue weighted by Gasteiger charge is 2.11. The number of hydrogen-bond donors (Lipinski definition) is 1. The molecule has 0 radical (unpaired) electrons. The number of aliphatic hydroxyl groups excluding tert-OH is 1. The quantitative estimate of drug-likeness (QED) is 0.774. The summed E-state index contributed by atoms with van der Waals surface area (Å²) in [5.41, 5.74) is -0.878. The molecule has 5 nitrogen and oxygen atoms in total. The van der Waals surface area contributed by atoms with Gasteiger partial charge in [0.1, 0.15) is 15.9 Å². The minimum absolute atomic E-state index is 0.127. The zero-order chi connectivity index (χ0) is 12.9. The predicted molar refractivity (Wildman–Crippen MR) is 64.9 cm³/mol. The molecule has 0 saturated carbocycles. The fourth-order valence-corrected chi connectivity index (χ4v) is 2.79. The topological polar surface area (TPSA) is 86.7 Å². The fraction of sp³-hybridized carbons (Fsp3) is 0.400. The molecular weight excluding hydrogens is 264 g/mol. The molecule has 0 bridgehead atoms. The maximum atomic E-state index is 10.4. The third-order valence-corrected chi connectivity index (χ3v) is 4.15. The zero-order valence-corrected chi connectivity index (χ0v) is 10.8. The van der Waals surface area contributed by atoms with Gasteiger partial charge in [0.2, 0.25) is 0 Å². The van der Waals surface area contributed by atoms with E-state index in [0.717, 1.165) is 11.3 Å². The van der Waals surface area contributed by atoms with Gasteiger partial charge in [-0.25, -0.2) is 8.42 Å². The highest BCUT2D eigenvalue weighted by molar-refractivity contribution is 7.99. The molecule has 1 atom stereocenters. The Morgan fingerprint density at radius 2 is 2.00 bits per heavy atom. The average molecular weight is 277 g/mol. The maximum Gasteiger partial charge on any atom is 0.152 e. The van der Waals surface area contributed by atoms with E-state index in [-0.39, 0.29) is 5.75 Å². The molecule has 1 aromatic carbocycles. The van der Waals surface area contributed by atoms with Crippen LogP contribution < -0.4 is 4.74 Å². The summed E-state index contributed by atoms with van der Waals surface area (Å²) in [5, 5.41) is 9.00. The average Bonchev–Trinajstić information content (AvgIpc) is 2.28. The van der Waals surface area contributed by atoms with E-state index in [1.54, 1.807) is 19.2 Å². The Hall–Kier alpha value is -0.760. The van der Waals surface area contributed by atoms with E-state index in [2.05, 4.69) is 0 Å². The summed E-state index contributed by atoms with van der Waals surface area (Å²) < 4.78 is 36.3. The SMILES string of the molecule is COc1ccc(CSCC(O)S(=O)(=O)[O-])cc1. The van der Waals surface area contributed by atoms with Gasteiger partial charge in [-0.15, -0.1) is 0 Å². The first-order valence-corrected chi connectivity index (χ1v) is 7.39. The molecule has 0 heterocycles. The van der Waals surface area contributed by atoms with Crippen LogP contribution in [-0.4, -0.2) is 36.4 Å².